The molecule has 0 bridgehead atoms. The van der Waals surface area contributed by atoms with Crippen LogP contribution in [0.2, 0.25) is 0 Å². The van der Waals surface area contributed by atoms with Crippen LogP contribution < -0.4 is 5.32 Å². The van der Waals surface area contributed by atoms with Crippen LogP contribution in [0.4, 0.5) is 0 Å². The summed E-state index contributed by atoms with van der Waals surface area (Å²) in [6, 6.07) is 15.8. The average Bonchev–Trinajstić information content (AvgIpc) is 2.70. The van der Waals surface area contributed by atoms with Gasteiger partial charge in [-0.2, -0.15) is 0 Å². The van der Waals surface area contributed by atoms with Crippen molar-refractivity contribution in [2.45, 2.75) is 45.5 Å². The Bertz CT molecular complexity index is 807. The van der Waals surface area contributed by atoms with Crippen molar-refractivity contribution in [3.8, 4) is 0 Å². The number of nitrogens with one attached hydrogen (secondary N) is 1. The third-order valence-electron chi connectivity index (χ3n) is 4.98. The van der Waals surface area contributed by atoms with Gasteiger partial charge >= 0.3 is 0 Å². The first kappa shape index (κ1) is 22.0. The van der Waals surface area contributed by atoms with Gasteiger partial charge in [0.15, 0.2) is 0 Å². The molecular formula is C23H30N2O2S. The maximum Gasteiger partial charge on any atom is 0.242 e. The van der Waals surface area contributed by atoms with Crippen LogP contribution in [0.1, 0.15) is 35.6 Å². The van der Waals surface area contributed by atoms with Crippen LogP contribution in [-0.4, -0.2) is 35.6 Å². The summed E-state index contributed by atoms with van der Waals surface area (Å²) in [4.78, 5) is 27.2. The number of carbonyl (C=O) groups is 2. The third-order valence-corrected chi connectivity index (χ3v) is 5.94. The summed E-state index contributed by atoms with van der Waals surface area (Å²) in [6.45, 7) is 6.51. The molecule has 2 amide bonds. The Hall–Kier alpha value is -2.27. The first-order chi connectivity index (χ1) is 13.5. The molecule has 0 fully saturated rings. The van der Waals surface area contributed by atoms with Gasteiger partial charge in [-0.3, -0.25) is 9.59 Å². The Morgan fingerprint density at radius 3 is 2.11 bits per heavy atom. The summed E-state index contributed by atoms with van der Waals surface area (Å²) < 4.78 is 0. The summed E-state index contributed by atoms with van der Waals surface area (Å²) >= 11 is 1.60. The fourth-order valence-electron chi connectivity index (χ4n) is 3.16. The molecule has 1 N–H and O–H groups in total. The highest BCUT2D eigenvalue weighted by Gasteiger charge is 2.28. The van der Waals surface area contributed by atoms with E-state index in [1.807, 2.05) is 50.2 Å². The molecule has 2 rings (SSSR count). The number of carbonyl (C=O) groups excluding carboxylic acids is 2. The lowest BCUT2D eigenvalue weighted by molar-refractivity contribution is -0.139. The van der Waals surface area contributed by atoms with Gasteiger partial charge in [0.1, 0.15) is 6.04 Å². The van der Waals surface area contributed by atoms with E-state index in [1.54, 1.807) is 23.7 Å². The lowest BCUT2D eigenvalue weighted by Gasteiger charge is -2.30. The second-order valence-electron chi connectivity index (χ2n) is 6.91. The third kappa shape index (κ3) is 5.86. The molecule has 4 nitrogen and oxygen atoms in total. The summed E-state index contributed by atoms with van der Waals surface area (Å²) in [5, 5.41) is 2.70. The normalized spacial score (nSPS) is 11.7. The Balaban J connectivity index is 2.12. The quantitative estimate of drug-likeness (QED) is 0.692. The second-order valence-corrected chi connectivity index (χ2v) is 7.89. The largest absolute Gasteiger partial charge is 0.357 e. The molecule has 0 aliphatic carbocycles. The number of hydrogen-bond donors (Lipinski definition) is 1. The van der Waals surface area contributed by atoms with Gasteiger partial charge < -0.3 is 10.2 Å². The zero-order valence-corrected chi connectivity index (χ0v) is 18.0. The average molecular weight is 399 g/mol. The fraction of sp³-hybridized carbons (Fsp3) is 0.391. The number of hydrogen-bond acceptors (Lipinski definition) is 3. The maximum absolute atomic E-state index is 13.1. The van der Waals surface area contributed by atoms with Gasteiger partial charge in [0.05, 0.1) is 5.75 Å². The van der Waals surface area contributed by atoms with E-state index >= 15 is 0 Å². The fourth-order valence-corrected chi connectivity index (χ4v) is 4.15. The smallest absolute Gasteiger partial charge is 0.242 e. The zero-order chi connectivity index (χ0) is 20.5. The zero-order valence-electron chi connectivity index (χ0n) is 17.2. The topological polar surface area (TPSA) is 49.4 Å². The molecule has 0 spiro atoms. The molecular weight excluding hydrogens is 368 g/mol. The van der Waals surface area contributed by atoms with Crippen molar-refractivity contribution in [1.29, 1.82) is 0 Å². The Kier molecular flexibility index (Phi) is 8.58. The molecule has 0 radical (unpaired) electrons. The van der Waals surface area contributed by atoms with Crippen LogP contribution in [0.15, 0.2) is 48.5 Å². The Labute approximate surface area is 172 Å². The van der Waals surface area contributed by atoms with E-state index < -0.39 is 6.04 Å². The molecule has 0 saturated heterocycles. The van der Waals surface area contributed by atoms with Gasteiger partial charge in [0.25, 0.3) is 0 Å². The minimum atomic E-state index is -0.462. The first-order valence-corrected chi connectivity index (χ1v) is 10.8. The van der Waals surface area contributed by atoms with Crippen LogP contribution in [0, 0.1) is 13.8 Å². The van der Waals surface area contributed by atoms with Gasteiger partial charge in [-0.15, -0.1) is 11.8 Å². The monoisotopic (exact) mass is 398 g/mol. The van der Waals surface area contributed by atoms with E-state index in [-0.39, 0.29) is 11.8 Å². The van der Waals surface area contributed by atoms with E-state index in [1.165, 1.54) is 11.1 Å². The van der Waals surface area contributed by atoms with Crippen molar-refractivity contribution in [1.82, 2.24) is 10.2 Å². The van der Waals surface area contributed by atoms with Crippen molar-refractivity contribution >= 4 is 23.6 Å². The number of aryl methyl sites for hydroxylation is 2. The molecule has 0 aliphatic heterocycles. The number of amides is 2. The van der Waals surface area contributed by atoms with Crippen LogP contribution in [0.25, 0.3) is 0 Å². The molecule has 1 unspecified atom stereocenters. The maximum atomic E-state index is 13.1. The highest BCUT2D eigenvalue weighted by Crippen LogP contribution is 2.20. The van der Waals surface area contributed by atoms with E-state index in [0.717, 1.165) is 16.9 Å². The summed E-state index contributed by atoms with van der Waals surface area (Å²) in [7, 11) is 1.62. The summed E-state index contributed by atoms with van der Waals surface area (Å²) in [5.74, 6) is 1.02. The minimum Gasteiger partial charge on any atom is -0.357 e. The lowest BCUT2D eigenvalue weighted by Crippen LogP contribution is -2.48. The molecule has 0 saturated carbocycles. The molecule has 5 heteroatoms. The van der Waals surface area contributed by atoms with E-state index in [9.17, 15) is 9.59 Å². The summed E-state index contributed by atoms with van der Waals surface area (Å²) in [5.41, 5.74) is 4.67. The predicted octanol–water partition coefficient (Wildman–Crippen LogP) is 4.09. The molecule has 2 aromatic rings. The molecule has 1 atom stereocenters. The molecule has 2 aromatic carbocycles. The van der Waals surface area contributed by atoms with E-state index in [4.69, 9.17) is 0 Å². The number of benzene rings is 2. The Morgan fingerprint density at radius 2 is 1.57 bits per heavy atom. The van der Waals surface area contributed by atoms with Crippen LogP contribution >= 0.6 is 11.8 Å². The van der Waals surface area contributed by atoms with Crippen LogP contribution in [-0.2, 0) is 21.9 Å². The molecule has 28 heavy (non-hydrogen) atoms. The van der Waals surface area contributed by atoms with Crippen molar-refractivity contribution in [3.63, 3.8) is 0 Å². The molecule has 150 valence electrons. The second kappa shape index (κ2) is 10.9. The molecule has 0 aliphatic rings. The molecule has 0 aromatic heterocycles. The van der Waals surface area contributed by atoms with E-state index in [0.29, 0.717) is 18.7 Å². The highest BCUT2D eigenvalue weighted by atomic mass is 32.2. The number of thioether (sulfide) groups is 1. The van der Waals surface area contributed by atoms with Crippen LogP contribution in [0.3, 0.4) is 0 Å². The molecule has 0 heterocycles. The number of likely N-dealkylation sites (N-methyl/N-ethyl adjacent to an activating group) is 1. The van der Waals surface area contributed by atoms with Gasteiger partial charge in [-0.1, -0.05) is 55.5 Å². The van der Waals surface area contributed by atoms with Gasteiger partial charge in [0.2, 0.25) is 11.8 Å². The van der Waals surface area contributed by atoms with Crippen molar-refractivity contribution in [2.75, 3.05) is 12.8 Å². The van der Waals surface area contributed by atoms with Crippen molar-refractivity contribution in [3.05, 3.63) is 70.8 Å². The van der Waals surface area contributed by atoms with Crippen molar-refractivity contribution in [2.24, 2.45) is 0 Å². The van der Waals surface area contributed by atoms with Gasteiger partial charge in [0, 0.05) is 19.3 Å². The lowest BCUT2D eigenvalue weighted by atomic mass is 10.1. The Morgan fingerprint density at radius 1 is 1.00 bits per heavy atom. The number of nitrogens with zero attached hydrogens (tertiary/aromatic N) is 1. The highest BCUT2D eigenvalue weighted by molar-refractivity contribution is 7.99. The van der Waals surface area contributed by atoms with Gasteiger partial charge in [-0.25, -0.2) is 0 Å². The van der Waals surface area contributed by atoms with Crippen LogP contribution in [0.5, 0.6) is 0 Å². The number of rotatable bonds is 9. The standard InChI is InChI=1S/C23H30N2O2S/c1-5-21(23(27)24-4)25(14-19-12-8-6-10-17(19)2)22(26)16-28-15-20-13-9-7-11-18(20)3/h6-13,21H,5,14-16H2,1-4H3,(H,24,27). The SMILES string of the molecule is CCC(C(=O)NC)N(Cc1ccccc1C)C(=O)CSCc1ccccc1C. The minimum absolute atomic E-state index is 0.00251. The summed E-state index contributed by atoms with van der Waals surface area (Å²) in [6.07, 6.45) is 0.583. The predicted molar refractivity (Wildman–Crippen MR) is 117 cm³/mol. The van der Waals surface area contributed by atoms with E-state index in [2.05, 4.69) is 24.4 Å². The first-order valence-electron chi connectivity index (χ1n) is 9.65. The van der Waals surface area contributed by atoms with Gasteiger partial charge in [-0.05, 0) is 42.5 Å². The van der Waals surface area contributed by atoms with Crippen molar-refractivity contribution < 1.29 is 9.59 Å².